The van der Waals surface area contributed by atoms with Crippen LogP contribution in [0.1, 0.15) is 108 Å². The van der Waals surface area contributed by atoms with Crippen LogP contribution in [0.25, 0.3) is 22.3 Å². The number of imide groups is 1. The van der Waals surface area contributed by atoms with Crippen LogP contribution in [0.5, 0.6) is 11.5 Å². The molecule has 4 aliphatic rings. The van der Waals surface area contributed by atoms with Crippen LogP contribution in [-0.2, 0) is 77.8 Å². The summed E-state index contributed by atoms with van der Waals surface area (Å²) in [5.74, 6) is -5.59. The SMILES string of the molecule is CC[C@@]1(O)C(=O)OCc2c1cc1n(c2=O)Cc2c-1nc1cc3c(cc1c2CCC(=O)CNC(=O)[C@H](CCCCN)CC(=O)[C@@H](NC(=O)CCOCCNC(=O)CCN1C(=O)CC(C(C)=O)C1=O)C(C)C)OCO3. The van der Waals surface area contributed by atoms with Gasteiger partial charge in [-0.15, -0.1) is 0 Å². The first-order valence-electron chi connectivity index (χ1n) is 24.8. The minimum absolute atomic E-state index is 0.00841. The van der Waals surface area contributed by atoms with Crippen LogP contribution in [0.4, 0.5) is 0 Å². The quantitative estimate of drug-likeness (QED) is 0.0255. The second kappa shape index (κ2) is 23.3. The number of fused-ring (bicyclic) bond motifs is 6. The number of ether oxygens (including phenoxy) is 4. The fraction of sp³-hybridized carbons (Fsp3) is 0.549. The van der Waals surface area contributed by atoms with Gasteiger partial charge >= 0.3 is 5.97 Å². The topological polar surface area (TPSA) is 311 Å². The minimum atomic E-state index is -2.02. The van der Waals surface area contributed by atoms with E-state index in [2.05, 4.69) is 16.0 Å². The minimum Gasteiger partial charge on any atom is -0.458 e. The van der Waals surface area contributed by atoms with Crippen molar-refractivity contribution in [2.75, 3.05) is 46.2 Å². The van der Waals surface area contributed by atoms with Crippen LogP contribution >= 0.6 is 0 Å². The average Bonchev–Trinajstić information content (AvgIpc) is 4.06. The zero-order valence-corrected chi connectivity index (χ0v) is 41.6. The van der Waals surface area contributed by atoms with E-state index < -0.39 is 70.3 Å². The Kier molecular flexibility index (Phi) is 17.2. The van der Waals surface area contributed by atoms with Crippen LogP contribution in [0.2, 0.25) is 0 Å². The van der Waals surface area contributed by atoms with E-state index in [0.29, 0.717) is 65.2 Å². The lowest BCUT2D eigenvalue weighted by Gasteiger charge is -2.31. The largest absolute Gasteiger partial charge is 0.458 e. The molecule has 22 heteroatoms. The number of aryl methyl sites for hydroxylation is 1. The maximum absolute atomic E-state index is 14.0. The van der Waals surface area contributed by atoms with E-state index in [-0.39, 0.29) is 126 Å². The number of benzene rings is 1. The van der Waals surface area contributed by atoms with E-state index in [0.717, 1.165) is 10.5 Å². The number of nitrogens with zero attached hydrogens (tertiary/aromatic N) is 3. The summed E-state index contributed by atoms with van der Waals surface area (Å²) >= 11 is 0. The number of ketones is 3. The second-order valence-corrected chi connectivity index (χ2v) is 19.2. The predicted molar refractivity (Wildman–Crippen MR) is 258 cm³/mol. The molecule has 2 aromatic heterocycles. The van der Waals surface area contributed by atoms with Gasteiger partial charge in [-0.2, -0.15) is 0 Å². The molecule has 1 fully saturated rings. The first-order valence-corrected chi connectivity index (χ1v) is 24.8. The molecule has 392 valence electrons. The van der Waals surface area contributed by atoms with Crippen molar-refractivity contribution in [3.8, 4) is 22.9 Å². The zero-order chi connectivity index (χ0) is 52.7. The van der Waals surface area contributed by atoms with Crippen molar-refractivity contribution in [3.63, 3.8) is 0 Å². The molecule has 4 atom stereocenters. The van der Waals surface area contributed by atoms with Crippen LogP contribution in [0, 0.1) is 17.8 Å². The third-order valence-electron chi connectivity index (χ3n) is 13.9. The molecule has 0 spiro atoms. The molecule has 3 aromatic rings. The molecule has 0 saturated carbocycles. The summed E-state index contributed by atoms with van der Waals surface area (Å²) in [6.45, 7) is 6.25. The van der Waals surface area contributed by atoms with Gasteiger partial charge in [-0.05, 0) is 62.8 Å². The lowest BCUT2D eigenvalue weighted by Crippen LogP contribution is -2.46. The smallest absolute Gasteiger partial charge is 0.343 e. The number of aromatic nitrogens is 2. The summed E-state index contributed by atoms with van der Waals surface area (Å²) in [5, 5.41) is 20.2. The Bertz CT molecular complexity index is 2790. The molecule has 0 radical (unpaired) electrons. The molecule has 1 aromatic carbocycles. The molecule has 6 heterocycles. The molecule has 22 nitrogen and oxygen atoms in total. The Labute approximate surface area is 420 Å². The van der Waals surface area contributed by atoms with Gasteiger partial charge in [-0.1, -0.05) is 27.2 Å². The van der Waals surface area contributed by atoms with E-state index in [1.807, 2.05) is 0 Å². The maximum Gasteiger partial charge on any atom is 0.343 e. The lowest BCUT2D eigenvalue weighted by molar-refractivity contribution is -0.172. The fourth-order valence-electron chi connectivity index (χ4n) is 9.68. The van der Waals surface area contributed by atoms with Gasteiger partial charge in [-0.3, -0.25) is 48.1 Å². The van der Waals surface area contributed by atoms with Crippen LogP contribution < -0.4 is 36.7 Å². The second-order valence-electron chi connectivity index (χ2n) is 19.2. The summed E-state index contributed by atoms with van der Waals surface area (Å²) in [4.78, 5) is 135. The zero-order valence-electron chi connectivity index (χ0n) is 41.6. The average molecular weight is 1010 g/mol. The highest BCUT2D eigenvalue weighted by Gasteiger charge is 2.46. The summed E-state index contributed by atoms with van der Waals surface area (Å²) < 4.78 is 23.6. The maximum atomic E-state index is 14.0. The number of rotatable bonds is 26. The number of likely N-dealkylation sites (tertiary alicyclic amines) is 1. The molecular weight excluding hydrogens is 951 g/mol. The van der Waals surface area contributed by atoms with Gasteiger partial charge < -0.3 is 50.3 Å². The number of aliphatic hydroxyl groups is 1. The number of hydrogen-bond donors (Lipinski definition) is 5. The Morgan fingerprint density at radius 1 is 0.945 bits per heavy atom. The van der Waals surface area contributed by atoms with Crippen molar-refractivity contribution in [2.24, 2.45) is 23.5 Å². The highest BCUT2D eigenvalue weighted by molar-refractivity contribution is 6.13. The number of esters is 1. The molecule has 5 amide bonds. The lowest BCUT2D eigenvalue weighted by atomic mass is 9.86. The third kappa shape index (κ3) is 11.8. The highest BCUT2D eigenvalue weighted by atomic mass is 16.7. The molecule has 4 aliphatic heterocycles. The number of nitrogens with two attached hydrogens (primary N) is 1. The molecule has 73 heavy (non-hydrogen) atoms. The first kappa shape index (κ1) is 53.9. The van der Waals surface area contributed by atoms with Crippen molar-refractivity contribution in [1.29, 1.82) is 0 Å². The Balaban J connectivity index is 0.925. The summed E-state index contributed by atoms with van der Waals surface area (Å²) in [5.41, 5.74) is 6.39. The summed E-state index contributed by atoms with van der Waals surface area (Å²) in [6, 6.07) is 4.20. The van der Waals surface area contributed by atoms with Crippen LogP contribution in [0.15, 0.2) is 23.0 Å². The molecule has 7 rings (SSSR count). The van der Waals surface area contributed by atoms with Gasteiger partial charge in [0.25, 0.3) is 5.56 Å². The number of Topliss-reactive ketones (excluding diaryl/α,β-unsaturated/α-hetero) is 3. The Hall–Kier alpha value is -6.91. The number of cyclic esters (lactones) is 1. The monoisotopic (exact) mass is 1010 g/mol. The Morgan fingerprint density at radius 3 is 2.40 bits per heavy atom. The van der Waals surface area contributed by atoms with Gasteiger partial charge in [0.1, 0.15) is 18.3 Å². The molecule has 0 aliphatic carbocycles. The van der Waals surface area contributed by atoms with Crippen LogP contribution in [-0.4, -0.2) is 125 Å². The van der Waals surface area contributed by atoms with E-state index in [9.17, 15) is 53.1 Å². The fourth-order valence-corrected chi connectivity index (χ4v) is 9.68. The summed E-state index contributed by atoms with van der Waals surface area (Å²) in [6.07, 6.45) is 0.953. The molecule has 0 bridgehead atoms. The molecular formula is C51H63N7O15. The van der Waals surface area contributed by atoms with Crippen molar-refractivity contribution in [2.45, 2.75) is 117 Å². The van der Waals surface area contributed by atoms with Gasteiger partial charge in [0, 0.05) is 73.7 Å². The predicted octanol–water partition coefficient (Wildman–Crippen LogP) is 1.15. The number of amides is 5. The van der Waals surface area contributed by atoms with Crippen molar-refractivity contribution in [3.05, 3.63) is 50.8 Å². The number of nitrogens with one attached hydrogen (secondary N) is 3. The highest BCUT2D eigenvalue weighted by Crippen LogP contribution is 2.43. The Morgan fingerprint density at radius 2 is 1.70 bits per heavy atom. The first-order chi connectivity index (χ1) is 34.9. The molecule has 6 N–H and O–H groups in total. The van der Waals surface area contributed by atoms with Gasteiger partial charge in [0.15, 0.2) is 28.7 Å². The van der Waals surface area contributed by atoms with Crippen LogP contribution in [0.3, 0.4) is 0 Å². The number of unbranched alkanes of at least 4 members (excludes halogenated alkanes) is 1. The van der Waals surface area contributed by atoms with Crippen molar-refractivity contribution >= 4 is 63.8 Å². The third-order valence-corrected chi connectivity index (χ3v) is 13.9. The van der Waals surface area contributed by atoms with E-state index in [1.54, 1.807) is 39.0 Å². The van der Waals surface area contributed by atoms with Gasteiger partial charge in [-0.25, -0.2) is 9.78 Å². The normalized spacial score (nSPS) is 18.3. The number of hydrogen-bond acceptors (Lipinski definition) is 17. The van der Waals surface area contributed by atoms with Gasteiger partial charge in [0.05, 0.1) is 54.8 Å². The summed E-state index contributed by atoms with van der Waals surface area (Å²) in [7, 11) is 0. The van der Waals surface area contributed by atoms with Gasteiger partial charge in [0.2, 0.25) is 36.3 Å². The standard InChI is InChI=1S/C51H63N7O15/c1-5-51(69)36-21-38-46-34(24-58(38)49(67)35(36)25-71-50(51)68)31(33-19-40-41(73-26-72-40)22-37(33)55-46)10-9-30(60)23-54-47(65)29(8-6-7-13-52)18-39(61)45(27(2)3)56-43(63)12-16-70-17-14-53-42(62)11-15-57-44(64)20-32(28(4)59)48(57)66/h19,21-22,27,29,32,45,69H,5-18,20,23-26,52H2,1-4H3,(H,53,62)(H,54,65)(H,56,63)/t29-,32?,45+,51+/m1/s1. The molecule has 1 unspecified atom stereocenters. The van der Waals surface area contributed by atoms with E-state index in [4.69, 9.17) is 29.7 Å². The number of carbonyl (C=O) groups is 9. The molecule has 1 saturated heterocycles. The van der Waals surface area contributed by atoms with Crippen molar-refractivity contribution < 1.29 is 67.2 Å². The van der Waals surface area contributed by atoms with E-state index in [1.165, 1.54) is 11.5 Å². The number of pyridine rings is 2. The number of carbonyl (C=O) groups excluding carboxylic acids is 9. The van der Waals surface area contributed by atoms with E-state index >= 15 is 0 Å². The van der Waals surface area contributed by atoms with Crippen molar-refractivity contribution in [1.82, 2.24) is 30.4 Å².